The molecule has 2 aliphatic heterocycles. The predicted molar refractivity (Wildman–Crippen MR) is 152 cm³/mol. The summed E-state index contributed by atoms with van der Waals surface area (Å²) in [5, 5.41) is 44.9. The van der Waals surface area contributed by atoms with Gasteiger partial charge in [-0.25, -0.2) is 4.79 Å². The van der Waals surface area contributed by atoms with Crippen LogP contribution >= 0.6 is 0 Å². The van der Waals surface area contributed by atoms with E-state index in [0.29, 0.717) is 5.56 Å². The average Bonchev–Trinajstić information content (AvgIpc) is 3.28. The summed E-state index contributed by atoms with van der Waals surface area (Å²) in [5.74, 6) is -4.09. The molecule has 246 valence electrons. The number of imide groups is 1. The summed E-state index contributed by atoms with van der Waals surface area (Å²) in [6, 6.07) is 4.23. The Hall–Kier alpha value is -4.38. The van der Waals surface area contributed by atoms with E-state index in [0.717, 1.165) is 17.1 Å². The van der Waals surface area contributed by atoms with Crippen molar-refractivity contribution in [1.82, 2.24) is 10.2 Å². The van der Waals surface area contributed by atoms with Crippen LogP contribution in [0.5, 0.6) is 5.75 Å². The molecule has 1 aromatic rings. The molecule has 1 aromatic carbocycles. The van der Waals surface area contributed by atoms with Gasteiger partial charge in [-0.05, 0) is 44.9 Å². The Labute approximate surface area is 257 Å². The molecular formula is C29H37N3O13. The second-order valence-electron chi connectivity index (χ2n) is 11.4. The third kappa shape index (κ3) is 9.55. The molecule has 0 bridgehead atoms. The van der Waals surface area contributed by atoms with E-state index in [1.807, 2.05) is 0 Å². The second kappa shape index (κ2) is 15.1. The fraction of sp³-hybridized carbons (Fsp3) is 0.517. The number of amides is 4. The van der Waals surface area contributed by atoms with E-state index in [4.69, 9.17) is 14.2 Å². The van der Waals surface area contributed by atoms with E-state index in [-0.39, 0.29) is 50.4 Å². The molecule has 0 spiro atoms. The Bertz CT molecular complexity index is 1320. The van der Waals surface area contributed by atoms with Crippen LogP contribution in [0.4, 0.5) is 5.69 Å². The highest BCUT2D eigenvalue weighted by Crippen LogP contribution is 2.31. The quantitative estimate of drug-likeness (QED) is 0.115. The number of rotatable bonds is 13. The number of aliphatic hydroxyl groups is 3. The topological polar surface area (TPSA) is 238 Å². The third-order valence-corrected chi connectivity index (χ3v) is 6.72. The molecular weight excluding hydrogens is 598 g/mol. The largest absolute Gasteiger partial charge is 0.479 e. The summed E-state index contributed by atoms with van der Waals surface area (Å²) >= 11 is 0. The Balaban J connectivity index is 1.64. The average molecular weight is 636 g/mol. The lowest BCUT2D eigenvalue weighted by Gasteiger charge is -2.38. The number of carbonyl (C=O) groups excluding carboxylic acids is 5. The number of benzene rings is 1. The van der Waals surface area contributed by atoms with Gasteiger partial charge in [0.2, 0.25) is 18.1 Å². The maximum atomic E-state index is 12.8. The highest BCUT2D eigenvalue weighted by atomic mass is 16.7. The van der Waals surface area contributed by atoms with Gasteiger partial charge >= 0.3 is 11.9 Å². The summed E-state index contributed by atoms with van der Waals surface area (Å²) in [4.78, 5) is 72.8. The van der Waals surface area contributed by atoms with Crippen LogP contribution in [0.25, 0.3) is 0 Å². The number of ether oxygens (including phenoxy) is 3. The van der Waals surface area contributed by atoms with Crippen molar-refractivity contribution < 1.29 is 63.4 Å². The lowest BCUT2D eigenvalue weighted by molar-refractivity contribution is -0.271. The van der Waals surface area contributed by atoms with Gasteiger partial charge in [0.05, 0.1) is 11.1 Å². The van der Waals surface area contributed by atoms with E-state index >= 15 is 0 Å². The standard InChI is InChI=1S/C29H37N3O13/c1-29(2,3)28(42)43-14-15-6-7-17(44-27-24(39)22(37)23(38)25(45-27)26(40)41)16(13-15)31-19(34)10-11-30-18(33)5-4-12-32-20(35)8-9-21(32)36/h6-9,13,22-25,27,37-39H,4-5,10-12,14H2,1-3H3,(H,30,33)(H,31,34)(H,40,41)/t22-,23-,24+,25?,27?/m0/s1. The van der Waals surface area contributed by atoms with Crippen molar-refractivity contribution in [2.24, 2.45) is 5.41 Å². The van der Waals surface area contributed by atoms with E-state index in [1.54, 1.807) is 20.8 Å². The number of esters is 1. The predicted octanol–water partition coefficient (Wildman–Crippen LogP) is -0.803. The molecule has 2 heterocycles. The van der Waals surface area contributed by atoms with Gasteiger partial charge in [0.15, 0.2) is 6.10 Å². The number of anilines is 1. The molecule has 5 atom stereocenters. The molecule has 2 aliphatic rings. The van der Waals surface area contributed by atoms with Gasteiger partial charge in [-0.2, -0.15) is 0 Å². The van der Waals surface area contributed by atoms with Crippen LogP contribution < -0.4 is 15.4 Å². The maximum Gasteiger partial charge on any atom is 0.335 e. The lowest BCUT2D eigenvalue weighted by Crippen LogP contribution is -2.61. The molecule has 16 nitrogen and oxygen atoms in total. The minimum absolute atomic E-state index is 0.00692. The molecule has 0 aromatic heterocycles. The fourth-order valence-electron chi connectivity index (χ4n) is 4.17. The van der Waals surface area contributed by atoms with Crippen LogP contribution in [0.3, 0.4) is 0 Å². The first-order chi connectivity index (χ1) is 21.1. The van der Waals surface area contributed by atoms with Crippen LogP contribution in [0.2, 0.25) is 0 Å². The van der Waals surface area contributed by atoms with Crippen molar-refractivity contribution >= 4 is 41.3 Å². The summed E-state index contributed by atoms with van der Waals surface area (Å²) in [6.45, 7) is 4.86. The number of carbonyl (C=O) groups is 6. The molecule has 2 unspecified atom stereocenters. The van der Waals surface area contributed by atoms with Crippen LogP contribution in [-0.4, -0.2) is 105 Å². The molecule has 6 N–H and O–H groups in total. The molecule has 0 radical (unpaired) electrons. The van der Waals surface area contributed by atoms with E-state index in [9.17, 15) is 49.2 Å². The van der Waals surface area contributed by atoms with Gasteiger partial charge in [-0.1, -0.05) is 6.07 Å². The lowest BCUT2D eigenvalue weighted by atomic mass is 9.97. The van der Waals surface area contributed by atoms with Crippen molar-refractivity contribution in [3.63, 3.8) is 0 Å². The first-order valence-electron chi connectivity index (χ1n) is 14.1. The van der Waals surface area contributed by atoms with Crippen molar-refractivity contribution in [3.8, 4) is 5.75 Å². The maximum absolute atomic E-state index is 12.8. The Morgan fingerprint density at radius 3 is 2.24 bits per heavy atom. The summed E-state index contributed by atoms with van der Waals surface area (Å²) < 4.78 is 16.1. The summed E-state index contributed by atoms with van der Waals surface area (Å²) in [5.41, 5.74) is -0.337. The van der Waals surface area contributed by atoms with Crippen LogP contribution in [0.1, 0.15) is 45.6 Å². The number of nitrogens with one attached hydrogen (secondary N) is 2. The zero-order chi connectivity index (χ0) is 33.5. The van der Waals surface area contributed by atoms with Crippen LogP contribution in [0.15, 0.2) is 30.4 Å². The Kier molecular flexibility index (Phi) is 11.8. The molecule has 3 rings (SSSR count). The minimum Gasteiger partial charge on any atom is -0.479 e. The van der Waals surface area contributed by atoms with Gasteiger partial charge in [-0.15, -0.1) is 0 Å². The highest BCUT2D eigenvalue weighted by molar-refractivity contribution is 6.12. The van der Waals surface area contributed by atoms with Crippen LogP contribution in [0, 0.1) is 5.41 Å². The van der Waals surface area contributed by atoms with Crippen molar-refractivity contribution in [3.05, 3.63) is 35.9 Å². The van der Waals surface area contributed by atoms with Crippen molar-refractivity contribution in [2.75, 3.05) is 18.4 Å². The zero-order valence-corrected chi connectivity index (χ0v) is 24.9. The summed E-state index contributed by atoms with van der Waals surface area (Å²) in [7, 11) is 0. The molecule has 1 saturated heterocycles. The van der Waals surface area contributed by atoms with Crippen LogP contribution in [-0.2, 0) is 44.8 Å². The smallest absolute Gasteiger partial charge is 0.335 e. The van der Waals surface area contributed by atoms with E-state index in [2.05, 4.69) is 10.6 Å². The van der Waals surface area contributed by atoms with E-state index in [1.165, 1.54) is 18.2 Å². The van der Waals surface area contributed by atoms with Gasteiger partial charge in [0, 0.05) is 38.1 Å². The third-order valence-electron chi connectivity index (χ3n) is 6.72. The first kappa shape index (κ1) is 35.1. The van der Waals surface area contributed by atoms with E-state index < -0.39 is 71.7 Å². The molecule has 16 heteroatoms. The molecule has 4 amide bonds. The minimum atomic E-state index is -1.94. The number of nitrogens with zero attached hydrogens (tertiary/aromatic N) is 1. The van der Waals surface area contributed by atoms with Gasteiger partial charge in [0.1, 0.15) is 30.7 Å². The number of carboxylic acids is 1. The molecule has 1 fully saturated rings. The van der Waals surface area contributed by atoms with Crippen molar-refractivity contribution in [2.45, 2.75) is 77.3 Å². The van der Waals surface area contributed by atoms with Gasteiger partial charge < -0.3 is 45.3 Å². The summed E-state index contributed by atoms with van der Waals surface area (Å²) in [6.07, 6.45) is -7.06. The Morgan fingerprint density at radius 2 is 1.62 bits per heavy atom. The Morgan fingerprint density at radius 1 is 0.956 bits per heavy atom. The highest BCUT2D eigenvalue weighted by Gasteiger charge is 2.48. The SMILES string of the molecule is CC(C)(C)C(=O)OCc1ccc(OC2OC(C(=O)O)[C@@H](O)[C@H](O)[C@H]2O)c(NC(=O)CCNC(=O)CCCN2C(=O)C=CC2=O)c1. The first-order valence-corrected chi connectivity index (χ1v) is 14.1. The molecule has 0 aliphatic carbocycles. The number of aliphatic hydroxyl groups excluding tert-OH is 3. The van der Waals surface area contributed by atoms with Gasteiger partial charge in [-0.3, -0.25) is 28.9 Å². The molecule has 0 saturated carbocycles. The second-order valence-corrected chi connectivity index (χ2v) is 11.4. The monoisotopic (exact) mass is 635 g/mol. The zero-order valence-electron chi connectivity index (χ0n) is 24.9. The molecule has 45 heavy (non-hydrogen) atoms. The van der Waals surface area contributed by atoms with Gasteiger partial charge in [0.25, 0.3) is 11.8 Å². The number of aliphatic carboxylic acids is 1. The van der Waals surface area contributed by atoms with Crippen molar-refractivity contribution in [1.29, 1.82) is 0 Å². The number of carboxylic acid groups (broad SMARTS) is 1. The number of hydrogen-bond donors (Lipinski definition) is 6. The number of hydrogen-bond acceptors (Lipinski definition) is 12. The normalized spacial score (nSPS) is 23.1. The fourth-order valence-corrected chi connectivity index (χ4v) is 4.17.